The van der Waals surface area contributed by atoms with Crippen molar-refractivity contribution < 1.29 is 4.79 Å². The largest absolute Gasteiger partial charge is 0.348 e. The topological polar surface area (TPSA) is 47.3 Å². The van der Waals surface area contributed by atoms with Gasteiger partial charge in [-0.3, -0.25) is 9.69 Å². The van der Waals surface area contributed by atoms with E-state index in [2.05, 4.69) is 6.07 Å². The summed E-state index contributed by atoms with van der Waals surface area (Å²) in [5, 5.41) is 8.79. The number of likely N-dealkylation sites (N-methyl/N-ethyl adjacent to an activating group) is 2. The van der Waals surface area contributed by atoms with Crippen molar-refractivity contribution in [3.05, 3.63) is 35.4 Å². The average molecular weight is 231 g/mol. The van der Waals surface area contributed by atoms with Crippen LogP contribution in [0.1, 0.15) is 11.1 Å². The molecule has 1 amide bonds. The molecule has 1 rings (SSSR count). The van der Waals surface area contributed by atoms with Crippen LogP contribution >= 0.6 is 0 Å². The van der Waals surface area contributed by atoms with Gasteiger partial charge in [-0.15, -0.1) is 0 Å². The van der Waals surface area contributed by atoms with Gasteiger partial charge >= 0.3 is 0 Å². The fraction of sp³-hybridized carbons (Fsp3) is 0.385. The number of nitrogens with zero attached hydrogens (tertiary/aromatic N) is 3. The van der Waals surface area contributed by atoms with E-state index in [-0.39, 0.29) is 5.91 Å². The zero-order valence-electron chi connectivity index (χ0n) is 10.5. The second-order valence-corrected chi connectivity index (χ2v) is 4.27. The summed E-state index contributed by atoms with van der Waals surface area (Å²) in [5.41, 5.74) is 1.69. The van der Waals surface area contributed by atoms with Crippen LogP contribution in [-0.2, 0) is 11.3 Å². The first-order valence-corrected chi connectivity index (χ1v) is 5.40. The predicted molar refractivity (Wildman–Crippen MR) is 66.2 cm³/mol. The molecule has 0 heterocycles. The van der Waals surface area contributed by atoms with E-state index in [0.29, 0.717) is 18.7 Å². The average Bonchev–Trinajstić information content (AvgIpc) is 2.28. The minimum atomic E-state index is 0.0731. The maximum atomic E-state index is 11.5. The highest BCUT2D eigenvalue weighted by molar-refractivity contribution is 5.77. The Morgan fingerprint density at radius 1 is 1.35 bits per heavy atom. The predicted octanol–water partition coefficient (Wildman–Crippen LogP) is 1.08. The van der Waals surface area contributed by atoms with Crippen LogP contribution in [0.25, 0.3) is 0 Å². The molecule has 90 valence electrons. The zero-order valence-corrected chi connectivity index (χ0v) is 10.5. The number of amides is 1. The smallest absolute Gasteiger partial charge is 0.236 e. The Morgan fingerprint density at radius 2 is 2.06 bits per heavy atom. The lowest BCUT2D eigenvalue weighted by Gasteiger charge is -2.18. The van der Waals surface area contributed by atoms with Crippen LogP contribution < -0.4 is 0 Å². The molecule has 0 bridgehead atoms. The molecule has 1 aromatic rings. The third-order valence-corrected chi connectivity index (χ3v) is 2.41. The van der Waals surface area contributed by atoms with Crippen LogP contribution in [0.4, 0.5) is 0 Å². The summed E-state index contributed by atoms with van der Waals surface area (Å²) in [4.78, 5) is 15.0. The molecule has 0 N–H and O–H groups in total. The van der Waals surface area contributed by atoms with Crippen LogP contribution in [0.5, 0.6) is 0 Å². The second kappa shape index (κ2) is 6.02. The lowest BCUT2D eigenvalue weighted by Crippen LogP contribution is -2.34. The molecule has 17 heavy (non-hydrogen) atoms. The van der Waals surface area contributed by atoms with Gasteiger partial charge in [-0.2, -0.15) is 5.26 Å². The van der Waals surface area contributed by atoms with E-state index in [1.54, 1.807) is 25.1 Å². The maximum Gasteiger partial charge on any atom is 0.236 e. The molecular weight excluding hydrogens is 214 g/mol. The van der Waals surface area contributed by atoms with Crippen molar-refractivity contribution >= 4 is 5.91 Å². The monoisotopic (exact) mass is 231 g/mol. The number of carbonyl (C=O) groups is 1. The quantitative estimate of drug-likeness (QED) is 0.779. The molecule has 0 saturated carbocycles. The highest BCUT2D eigenvalue weighted by Crippen LogP contribution is 2.06. The molecule has 0 aliphatic heterocycles. The fourth-order valence-corrected chi connectivity index (χ4v) is 1.48. The van der Waals surface area contributed by atoms with Crippen LogP contribution in [0.2, 0.25) is 0 Å². The SMILES string of the molecule is CN(CC(=O)N(C)C)Cc1cccc(C#N)c1. The van der Waals surface area contributed by atoms with Gasteiger partial charge in [-0.25, -0.2) is 0 Å². The van der Waals surface area contributed by atoms with Crippen LogP contribution in [0, 0.1) is 11.3 Å². The van der Waals surface area contributed by atoms with Crippen molar-refractivity contribution in [2.24, 2.45) is 0 Å². The van der Waals surface area contributed by atoms with E-state index in [1.807, 2.05) is 30.1 Å². The standard InChI is InChI=1S/C13H17N3O/c1-15(2)13(17)10-16(3)9-12-6-4-5-11(7-12)8-14/h4-7H,9-10H2,1-3H3. The number of rotatable bonds is 4. The zero-order chi connectivity index (χ0) is 12.8. The molecule has 0 unspecified atom stereocenters. The number of benzene rings is 1. The molecule has 4 nitrogen and oxygen atoms in total. The van der Waals surface area contributed by atoms with Gasteiger partial charge in [0.1, 0.15) is 0 Å². The van der Waals surface area contributed by atoms with Gasteiger partial charge in [-0.1, -0.05) is 12.1 Å². The Balaban J connectivity index is 2.59. The summed E-state index contributed by atoms with van der Waals surface area (Å²) in [5.74, 6) is 0.0731. The lowest BCUT2D eigenvalue weighted by molar-refractivity contribution is -0.129. The van der Waals surface area contributed by atoms with E-state index < -0.39 is 0 Å². The van der Waals surface area contributed by atoms with Crippen molar-refractivity contribution in [2.45, 2.75) is 6.54 Å². The Kier molecular flexibility index (Phi) is 4.68. The molecule has 0 atom stereocenters. The fourth-order valence-electron chi connectivity index (χ4n) is 1.48. The molecule has 0 radical (unpaired) electrons. The molecule has 0 spiro atoms. The molecule has 0 fully saturated rings. The van der Waals surface area contributed by atoms with Gasteiger partial charge in [0.15, 0.2) is 0 Å². The van der Waals surface area contributed by atoms with E-state index in [0.717, 1.165) is 5.56 Å². The Bertz CT molecular complexity index is 435. The van der Waals surface area contributed by atoms with Gasteiger partial charge in [0.25, 0.3) is 0 Å². The third kappa shape index (κ3) is 4.25. The van der Waals surface area contributed by atoms with Crippen LogP contribution in [0.3, 0.4) is 0 Å². The molecular formula is C13H17N3O. The molecule has 1 aromatic carbocycles. The third-order valence-electron chi connectivity index (χ3n) is 2.41. The van der Waals surface area contributed by atoms with Crippen molar-refractivity contribution in [1.29, 1.82) is 5.26 Å². The summed E-state index contributed by atoms with van der Waals surface area (Å²) in [6.45, 7) is 1.04. The summed E-state index contributed by atoms with van der Waals surface area (Å²) in [7, 11) is 5.37. The van der Waals surface area contributed by atoms with Gasteiger partial charge in [0, 0.05) is 20.6 Å². The maximum absolute atomic E-state index is 11.5. The Labute approximate surface area is 102 Å². The number of hydrogen-bond acceptors (Lipinski definition) is 3. The van der Waals surface area contributed by atoms with Crippen molar-refractivity contribution in [3.63, 3.8) is 0 Å². The molecule has 0 saturated heterocycles. The molecule has 4 heteroatoms. The summed E-state index contributed by atoms with van der Waals surface area (Å²) >= 11 is 0. The van der Waals surface area contributed by atoms with Gasteiger partial charge < -0.3 is 4.90 Å². The minimum absolute atomic E-state index is 0.0731. The molecule has 0 aliphatic carbocycles. The Hall–Kier alpha value is -1.86. The van der Waals surface area contributed by atoms with Crippen molar-refractivity contribution in [1.82, 2.24) is 9.80 Å². The van der Waals surface area contributed by atoms with E-state index in [1.165, 1.54) is 0 Å². The van der Waals surface area contributed by atoms with Crippen LogP contribution in [-0.4, -0.2) is 43.4 Å². The van der Waals surface area contributed by atoms with Gasteiger partial charge in [0.2, 0.25) is 5.91 Å². The number of carbonyl (C=O) groups excluding carboxylic acids is 1. The summed E-state index contributed by atoms with van der Waals surface area (Å²) in [6.07, 6.45) is 0. The van der Waals surface area contributed by atoms with Crippen molar-refractivity contribution in [3.8, 4) is 6.07 Å². The highest BCUT2D eigenvalue weighted by atomic mass is 16.2. The van der Waals surface area contributed by atoms with E-state index >= 15 is 0 Å². The van der Waals surface area contributed by atoms with Crippen LogP contribution in [0.15, 0.2) is 24.3 Å². The molecule has 0 aliphatic rings. The first-order chi connectivity index (χ1) is 8.02. The van der Waals surface area contributed by atoms with Crippen molar-refractivity contribution in [2.75, 3.05) is 27.7 Å². The second-order valence-electron chi connectivity index (χ2n) is 4.27. The van der Waals surface area contributed by atoms with Gasteiger partial charge in [-0.05, 0) is 24.7 Å². The normalized spacial score (nSPS) is 10.1. The summed E-state index contributed by atoms with van der Waals surface area (Å²) < 4.78 is 0. The Morgan fingerprint density at radius 3 is 2.65 bits per heavy atom. The number of nitriles is 1. The van der Waals surface area contributed by atoms with E-state index in [4.69, 9.17) is 5.26 Å². The first-order valence-electron chi connectivity index (χ1n) is 5.40. The lowest BCUT2D eigenvalue weighted by atomic mass is 10.1. The van der Waals surface area contributed by atoms with E-state index in [9.17, 15) is 4.79 Å². The molecule has 0 aromatic heterocycles. The minimum Gasteiger partial charge on any atom is -0.348 e. The highest BCUT2D eigenvalue weighted by Gasteiger charge is 2.08. The number of hydrogen-bond donors (Lipinski definition) is 0. The first kappa shape index (κ1) is 13.2. The summed E-state index contributed by atoms with van der Waals surface area (Å²) in [6, 6.07) is 9.53. The van der Waals surface area contributed by atoms with Gasteiger partial charge in [0.05, 0.1) is 18.2 Å².